The molecule has 494 valence electrons. The fraction of sp³-hybridized carbons (Fsp3) is 0.722. The number of benzene rings is 3. The van der Waals surface area contributed by atoms with Gasteiger partial charge in [0.1, 0.15) is 5.75 Å². The molecule has 18 heteroatoms. The van der Waals surface area contributed by atoms with Crippen molar-refractivity contribution in [2.75, 3.05) is 52.4 Å². The van der Waals surface area contributed by atoms with Crippen LogP contribution in [0.5, 0.6) is 5.75 Å². The third kappa shape index (κ3) is 12.9. The average Bonchev–Trinajstić information content (AvgIpc) is 1.01. The number of ether oxygens (including phenoxy) is 1. The summed E-state index contributed by atoms with van der Waals surface area (Å²) < 4.78 is 5.69. The van der Waals surface area contributed by atoms with Crippen molar-refractivity contribution in [1.82, 2.24) is 25.3 Å². The Morgan fingerprint density at radius 2 is 0.956 bits per heavy atom. The molecule has 6 bridgehead atoms. The van der Waals surface area contributed by atoms with E-state index >= 15 is 0 Å². The fourth-order valence-electron chi connectivity index (χ4n) is 19.3. The molecule has 12 aliphatic rings. The molecule has 3 saturated heterocycles. The summed E-state index contributed by atoms with van der Waals surface area (Å²) >= 11 is 9.31. The number of aliphatic hydroxyl groups excluding tert-OH is 2. The summed E-state index contributed by atoms with van der Waals surface area (Å²) in [6.45, 7) is 22.2. The first kappa shape index (κ1) is 67.7. The van der Waals surface area contributed by atoms with Gasteiger partial charge in [-0.15, -0.1) is 47.3 Å². The van der Waals surface area contributed by atoms with E-state index in [0.29, 0.717) is 43.9 Å². The molecule has 1 unspecified atom stereocenters. The highest BCUT2D eigenvalue weighted by atomic mass is 79.9. The number of fused-ring (bicyclic) bond motifs is 3. The first-order valence-electron chi connectivity index (χ1n) is 34.6. The molecular formula is C72H103BBr3N5O9. The van der Waals surface area contributed by atoms with Crippen molar-refractivity contribution in [3.8, 4) is 5.75 Å². The number of piperidine rings is 3. The van der Waals surface area contributed by atoms with Crippen LogP contribution in [0.4, 0.5) is 0 Å². The number of Topliss-reactive ketones (excluding diaryl/α,β-unsaturated/α-hetero) is 1. The summed E-state index contributed by atoms with van der Waals surface area (Å²) in [5.74, 6) is 3.09. The zero-order chi connectivity index (χ0) is 64.0. The van der Waals surface area contributed by atoms with Crippen molar-refractivity contribution >= 4 is 62.2 Å². The number of phenolic OH excluding ortho intramolecular Hbond substituents is 1. The second-order valence-corrected chi connectivity index (χ2v) is 37.8. The van der Waals surface area contributed by atoms with Crippen LogP contribution in [-0.2, 0) is 49.8 Å². The zero-order valence-corrected chi connectivity index (χ0v) is 59.3. The Morgan fingerprint density at radius 3 is 1.33 bits per heavy atom. The van der Waals surface area contributed by atoms with Gasteiger partial charge in [-0.3, -0.25) is 24.3 Å². The normalized spacial score (nSPS) is 37.2. The summed E-state index contributed by atoms with van der Waals surface area (Å²) in [6, 6.07) is 19.1. The van der Waals surface area contributed by atoms with Gasteiger partial charge in [-0.25, -0.2) is 0 Å². The Hall–Kier alpha value is -2.30. The van der Waals surface area contributed by atoms with Crippen molar-refractivity contribution in [3.05, 3.63) is 99.1 Å². The minimum atomic E-state index is -1.09. The van der Waals surface area contributed by atoms with Crippen LogP contribution in [0.2, 0.25) is 0 Å². The Kier molecular flexibility index (Phi) is 19.8. The van der Waals surface area contributed by atoms with Crippen molar-refractivity contribution < 1.29 is 45.0 Å². The van der Waals surface area contributed by atoms with Crippen LogP contribution >= 0.6 is 47.3 Å². The maximum absolute atomic E-state index is 12.9. The Balaban J connectivity index is 0.000000127. The third-order valence-corrected chi connectivity index (χ3v) is 24.2. The van der Waals surface area contributed by atoms with Gasteiger partial charge in [-0.2, -0.15) is 0 Å². The highest BCUT2D eigenvalue weighted by Gasteiger charge is 2.70. The second kappa shape index (κ2) is 26.3. The first-order valence-corrected chi connectivity index (χ1v) is 37.3. The largest absolute Gasteiger partial charge is 0.508 e. The van der Waals surface area contributed by atoms with E-state index in [1.807, 2.05) is 12.1 Å². The quantitative estimate of drug-likeness (QED) is 0.0595. The topological polar surface area (TPSA) is 199 Å². The minimum absolute atomic E-state index is 0.0229. The summed E-state index contributed by atoms with van der Waals surface area (Å²) in [5.41, 5.74) is 5.84. The van der Waals surface area contributed by atoms with E-state index in [9.17, 15) is 40.2 Å². The van der Waals surface area contributed by atoms with Crippen molar-refractivity contribution in [1.29, 1.82) is 0 Å². The van der Waals surface area contributed by atoms with Gasteiger partial charge in [-0.05, 0) is 224 Å². The molecule has 0 aromatic heterocycles. The van der Waals surface area contributed by atoms with E-state index in [1.54, 1.807) is 6.07 Å². The summed E-state index contributed by atoms with van der Waals surface area (Å²) in [5, 5.41) is 76.6. The number of nitrogens with zero attached hydrogens (tertiary/aromatic N) is 3. The van der Waals surface area contributed by atoms with Gasteiger partial charge in [0.2, 0.25) is 0 Å². The van der Waals surface area contributed by atoms with Crippen molar-refractivity contribution in [3.63, 3.8) is 0 Å². The van der Waals surface area contributed by atoms with E-state index in [2.05, 4.69) is 151 Å². The van der Waals surface area contributed by atoms with Gasteiger partial charge in [0.15, 0.2) is 11.9 Å². The molecular weight excluding hydrogens is 1330 g/mol. The molecule has 90 heavy (non-hydrogen) atoms. The van der Waals surface area contributed by atoms with E-state index in [1.165, 1.54) is 78.8 Å². The summed E-state index contributed by atoms with van der Waals surface area (Å²) in [7, 11) is 0. The number of hydrogen-bond donors (Lipinski definition) is 8. The maximum atomic E-state index is 12.9. The number of aromatic hydroxyl groups is 1. The molecule has 9 fully saturated rings. The minimum Gasteiger partial charge on any atom is -0.508 e. The molecule has 0 amide bonds. The smallest absolute Gasteiger partial charge is 0.369 e. The first-order chi connectivity index (χ1) is 42.7. The molecule has 0 radical (unpaired) electrons. The lowest BCUT2D eigenvalue weighted by molar-refractivity contribution is -0.193. The molecule has 9 aliphatic carbocycles. The highest BCUT2D eigenvalue weighted by molar-refractivity contribution is 9.69. The molecule has 3 heterocycles. The molecule has 14 nitrogen and oxygen atoms in total. The average molecular weight is 1430 g/mol. The highest BCUT2D eigenvalue weighted by Crippen LogP contribution is 2.62. The number of halogens is 3. The number of carbonyl (C=O) groups excluding carboxylic acids is 2. The monoisotopic (exact) mass is 1430 g/mol. The fourth-order valence-corrected chi connectivity index (χ4v) is 19.3. The number of nitrogens with one attached hydrogen (secondary N) is 2. The molecule has 3 aromatic carbocycles. The lowest BCUT2D eigenvalue weighted by atomic mass is 9.48. The second-order valence-electron chi connectivity index (χ2n) is 31.4. The number of carbonyl (C=O) groups is 2. The predicted octanol–water partition coefficient (Wildman–Crippen LogP) is 9.40. The standard InChI is InChI=1S/C25H38N2O2.C24H36N2O3.C23H29NO4.BBr3/c1-16(2)14-26-21-12-25(29)23-11-19-7-4-17(3)10-20(19)24(25,13-22(21)28)8-9-27(23)15-18-5-6-18;1-15(2)13-25-20-11-24(29)22-9-17-5-6-18(27)10-19(17)23(24,12-21(20)28)7-8-26(22)14-16-3-4-16;1-14-3-6-17-10-21-23(27)11-19(26)20(28-15(2)25)12-22(23,18(17)9-14)7-8-24(21)13-16-4-5-16;2-1(3)4/h4,7,10,16,18,21-23,26,28-29H,5-6,8-9,11-15H2,1-3H3;5-6,10,15-16,20-22,25,27-29H,3-4,7-9,11-14H2,1-2H3;3,6,9,16,20-21,27H,4-5,7-8,10-13H2,1-2H3;/t21-,22-,23-,24-,25-;20-,21-,22-,23-,24-;20?,21-,22-,23-;/m111./s1. The van der Waals surface area contributed by atoms with Gasteiger partial charge in [0.05, 0.1) is 29.0 Å². The molecule has 6 saturated carbocycles. The van der Waals surface area contributed by atoms with Gasteiger partial charge >= 0.3 is 9.15 Å². The number of likely N-dealkylation sites (tertiary alicyclic amines) is 3. The predicted molar refractivity (Wildman–Crippen MR) is 366 cm³/mol. The van der Waals surface area contributed by atoms with Crippen LogP contribution in [0.25, 0.3) is 0 Å². The Bertz CT molecular complexity index is 2980. The van der Waals surface area contributed by atoms with E-state index < -0.39 is 51.9 Å². The van der Waals surface area contributed by atoms with Crippen LogP contribution in [0.3, 0.4) is 0 Å². The zero-order valence-electron chi connectivity index (χ0n) is 54.5. The van der Waals surface area contributed by atoms with Gasteiger partial charge in [-0.1, -0.05) is 81.3 Å². The molecule has 0 spiro atoms. The number of ketones is 1. The Labute approximate surface area is 561 Å². The maximum Gasteiger partial charge on any atom is 0.369 e. The third-order valence-electron chi connectivity index (χ3n) is 24.2. The van der Waals surface area contributed by atoms with Gasteiger partial charge in [0.25, 0.3) is 0 Å². The van der Waals surface area contributed by atoms with Crippen LogP contribution in [0, 0.1) is 43.4 Å². The summed E-state index contributed by atoms with van der Waals surface area (Å²) in [4.78, 5) is 32.1. The number of hydrogen-bond acceptors (Lipinski definition) is 14. The van der Waals surface area contributed by atoms with Crippen LogP contribution in [0.1, 0.15) is 175 Å². The number of aryl methyl sites for hydroxylation is 2. The van der Waals surface area contributed by atoms with Gasteiger partial charge < -0.3 is 46.0 Å². The van der Waals surface area contributed by atoms with Crippen molar-refractivity contribution in [2.24, 2.45) is 29.6 Å². The molecule has 14 atom stereocenters. The molecule has 15 rings (SSSR count). The van der Waals surface area contributed by atoms with Crippen LogP contribution < -0.4 is 10.6 Å². The van der Waals surface area contributed by atoms with E-state index in [4.69, 9.17) is 4.74 Å². The van der Waals surface area contributed by atoms with Crippen LogP contribution in [-0.4, -0.2) is 178 Å². The lowest BCUT2D eigenvalue weighted by Crippen LogP contribution is -2.76. The summed E-state index contributed by atoms with van der Waals surface area (Å²) in [6.07, 6.45) is 14.3. The molecule has 8 N–H and O–H groups in total. The lowest BCUT2D eigenvalue weighted by Gasteiger charge is -2.65. The van der Waals surface area contributed by atoms with Crippen LogP contribution in [0.15, 0.2) is 54.6 Å². The SMILES string of the molecule is BrB(Br)Br.CC(=O)OC1C[C@]23CCN(CC4CC4)[C@H](Cc4ccc(C)cc42)[C@]3(O)CC1=O.CC(C)CN[C@@H]1C[C@@]2(O)[C@H]3Cc4ccc(O)cc4[C@@]2(CCN3CC2CC2)C[C@H]1O.Cc1ccc2c(c1)[C@]13CCN(CC4CC4)[C@H](C2)[C@]1(O)C[C@@H](NCC(C)C)[C@H](O)C3. The number of rotatable bonds is 13. The van der Waals surface area contributed by atoms with Crippen molar-refractivity contribution in [2.45, 2.75) is 246 Å². The van der Waals surface area contributed by atoms with E-state index in [0.717, 1.165) is 120 Å². The number of esters is 1. The van der Waals surface area contributed by atoms with Gasteiger partial charge in [0, 0.05) is 85.9 Å². The molecule has 3 aliphatic heterocycles. The molecule has 3 aromatic rings. The Morgan fingerprint density at radius 1 is 0.589 bits per heavy atom. The number of aliphatic hydroxyl groups is 5. The number of phenols is 1. The van der Waals surface area contributed by atoms with E-state index in [-0.39, 0.29) is 56.8 Å².